The van der Waals surface area contributed by atoms with Crippen LogP contribution in [0, 0.1) is 12.8 Å². The molecule has 2 aliphatic rings. The second kappa shape index (κ2) is 5.22. The second-order valence-corrected chi connectivity index (χ2v) is 5.62. The standard InChI is InChI=1S/C14H22N4/c1-11-9-14(17-16-10-11)18-7-4-12(5-8-18)13-3-2-6-15-13/h9-10,12-13,15H,2-8H2,1H3. The predicted molar refractivity (Wildman–Crippen MR) is 72.7 cm³/mol. The first kappa shape index (κ1) is 11.9. The van der Waals surface area contributed by atoms with E-state index in [1.807, 2.05) is 6.20 Å². The Labute approximate surface area is 109 Å². The van der Waals surface area contributed by atoms with Gasteiger partial charge in [-0.2, -0.15) is 5.10 Å². The van der Waals surface area contributed by atoms with E-state index in [0.717, 1.165) is 30.9 Å². The molecule has 1 N–H and O–H groups in total. The lowest BCUT2D eigenvalue weighted by Gasteiger charge is -2.35. The van der Waals surface area contributed by atoms with Gasteiger partial charge in [0.15, 0.2) is 5.82 Å². The van der Waals surface area contributed by atoms with Gasteiger partial charge in [-0.3, -0.25) is 0 Å². The van der Waals surface area contributed by atoms with Gasteiger partial charge in [0.2, 0.25) is 0 Å². The van der Waals surface area contributed by atoms with E-state index in [1.165, 1.54) is 37.8 Å². The molecule has 4 heteroatoms. The minimum atomic E-state index is 0.774. The van der Waals surface area contributed by atoms with Crippen LogP contribution in [0.1, 0.15) is 31.2 Å². The van der Waals surface area contributed by atoms with Crippen molar-refractivity contribution in [3.8, 4) is 0 Å². The Balaban J connectivity index is 1.59. The Morgan fingerprint density at radius 3 is 2.78 bits per heavy atom. The van der Waals surface area contributed by atoms with E-state index in [4.69, 9.17) is 0 Å². The van der Waals surface area contributed by atoms with Crippen LogP contribution < -0.4 is 10.2 Å². The Morgan fingerprint density at radius 1 is 1.28 bits per heavy atom. The maximum Gasteiger partial charge on any atom is 0.151 e. The third-order valence-electron chi connectivity index (χ3n) is 4.31. The molecule has 3 rings (SSSR count). The molecule has 2 saturated heterocycles. The maximum atomic E-state index is 4.25. The number of anilines is 1. The van der Waals surface area contributed by atoms with Crippen LogP contribution in [-0.2, 0) is 0 Å². The van der Waals surface area contributed by atoms with Crippen molar-refractivity contribution in [2.24, 2.45) is 5.92 Å². The highest BCUT2D eigenvalue weighted by Crippen LogP contribution is 2.27. The van der Waals surface area contributed by atoms with Gasteiger partial charge in [0.25, 0.3) is 0 Å². The van der Waals surface area contributed by atoms with E-state index < -0.39 is 0 Å². The van der Waals surface area contributed by atoms with E-state index in [0.29, 0.717) is 0 Å². The summed E-state index contributed by atoms with van der Waals surface area (Å²) in [6, 6.07) is 2.91. The zero-order valence-electron chi connectivity index (χ0n) is 11.1. The molecule has 2 aliphatic heterocycles. The zero-order valence-corrected chi connectivity index (χ0v) is 11.1. The third kappa shape index (κ3) is 2.48. The molecule has 1 atom stereocenters. The number of piperidine rings is 1. The number of nitrogens with zero attached hydrogens (tertiary/aromatic N) is 3. The number of rotatable bonds is 2. The molecule has 0 amide bonds. The Hall–Kier alpha value is -1.16. The molecule has 1 aromatic rings. The van der Waals surface area contributed by atoms with E-state index in [1.54, 1.807) is 0 Å². The molecule has 2 fully saturated rings. The van der Waals surface area contributed by atoms with Crippen molar-refractivity contribution in [3.05, 3.63) is 17.8 Å². The molecule has 0 aromatic carbocycles. The normalized spacial score (nSPS) is 25.6. The molecule has 18 heavy (non-hydrogen) atoms. The average molecular weight is 246 g/mol. The van der Waals surface area contributed by atoms with Crippen molar-refractivity contribution in [3.63, 3.8) is 0 Å². The Bertz CT molecular complexity index is 393. The summed E-state index contributed by atoms with van der Waals surface area (Å²) in [5, 5.41) is 11.9. The smallest absolute Gasteiger partial charge is 0.151 e. The van der Waals surface area contributed by atoms with Crippen molar-refractivity contribution < 1.29 is 0 Å². The molecular weight excluding hydrogens is 224 g/mol. The molecule has 1 aromatic heterocycles. The van der Waals surface area contributed by atoms with Crippen LogP contribution in [0.25, 0.3) is 0 Å². The SMILES string of the molecule is Cc1cnnc(N2CCC(C3CCCN3)CC2)c1. The van der Waals surface area contributed by atoms with Gasteiger partial charge in [0.05, 0.1) is 6.20 Å². The van der Waals surface area contributed by atoms with Gasteiger partial charge in [-0.05, 0) is 56.7 Å². The third-order valence-corrected chi connectivity index (χ3v) is 4.31. The first-order valence-corrected chi connectivity index (χ1v) is 7.10. The molecule has 0 radical (unpaired) electrons. The van der Waals surface area contributed by atoms with Crippen LogP contribution in [0.2, 0.25) is 0 Å². The van der Waals surface area contributed by atoms with Gasteiger partial charge in [-0.1, -0.05) is 0 Å². The largest absolute Gasteiger partial charge is 0.355 e. The average Bonchev–Trinajstić information content (AvgIpc) is 2.93. The van der Waals surface area contributed by atoms with Crippen LogP contribution in [-0.4, -0.2) is 35.9 Å². The van der Waals surface area contributed by atoms with Crippen molar-refractivity contribution in [2.45, 2.75) is 38.6 Å². The Kier molecular flexibility index (Phi) is 3.46. The monoisotopic (exact) mass is 246 g/mol. The van der Waals surface area contributed by atoms with E-state index in [2.05, 4.69) is 33.4 Å². The quantitative estimate of drug-likeness (QED) is 0.863. The summed E-state index contributed by atoms with van der Waals surface area (Å²) >= 11 is 0. The van der Waals surface area contributed by atoms with E-state index >= 15 is 0 Å². The molecule has 98 valence electrons. The van der Waals surface area contributed by atoms with Crippen LogP contribution in [0.3, 0.4) is 0 Å². The summed E-state index contributed by atoms with van der Waals surface area (Å²) < 4.78 is 0. The fraction of sp³-hybridized carbons (Fsp3) is 0.714. The first-order chi connectivity index (χ1) is 8.83. The second-order valence-electron chi connectivity index (χ2n) is 5.62. The molecule has 0 saturated carbocycles. The summed E-state index contributed by atoms with van der Waals surface area (Å²) in [6.45, 7) is 5.55. The lowest BCUT2D eigenvalue weighted by Crippen LogP contribution is -2.41. The minimum absolute atomic E-state index is 0.774. The van der Waals surface area contributed by atoms with E-state index in [9.17, 15) is 0 Å². The van der Waals surface area contributed by atoms with Crippen molar-refractivity contribution in [1.82, 2.24) is 15.5 Å². The van der Waals surface area contributed by atoms with Gasteiger partial charge in [0, 0.05) is 19.1 Å². The number of aryl methyl sites for hydroxylation is 1. The summed E-state index contributed by atoms with van der Waals surface area (Å²) in [5.41, 5.74) is 1.19. The highest BCUT2D eigenvalue weighted by Gasteiger charge is 2.28. The molecular formula is C14H22N4. The fourth-order valence-electron chi connectivity index (χ4n) is 3.25. The van der Waals surface area contributed by atoms with E-state index in [-0.39, 0.29) is 0 Å². The molecule has 1 unspecified atom stereocenters. The molecule has 0 bridgehead atoms. The fourth-order valence-corrected chi connectivity index (χ4v) is 3.25. The summed E-state index contributed by atoms with van der Waals surface area (Å²) in [7, 11) is 0. The molecule has 0 spiro atoms. The molecule has 0 aliphatic carbocycles. The highest BCUT2D eigenvalue weighted by molar-refractivity contribution is 5.39. The van der Waals surface area contributed by atoms with Gasteiger partial charge in [-0.15, -0.1) is 5.10 Å². The molecule has 4 nitrogen and oxygen atoms in total. The summed E-state index contributed by atoms with van der Waals surface area (Å²) in [6.07, 6.45) is 7.11. The number of hydrogen-bond acceptors (Lipinski definition) is 4. The summed E-state index contributed by atoms with van der Waals surface area (Å²) in [5.74, 6) is 1.91. The van der Waals surface area contributed by atoms with Crippen molar-refractivity contribution >= 4 is 5.82 Å². The van der Waals surface area contributed by atoms with Crippen molar-refractivity contribution in [1.29, 1.82) is 0 Å². The predicted octanol–water partition coefficient (Wildman–Crippen LogP) is 1.75. The highest BCUT2D eigenvalue weighted by atomic mass is 15.3. The molecule has 3 heterocycles. The first-order valence-electron chi connectivity index (χ1n) is 7.10. The van der Waals surface area contributed by atoms with Crippen LogP contribution in [0.5, 0.6) is 0 Å². The minimum Gasteiger partial charge on any atom is -0.355 e. The topological polar surface area (TPSA) is 41.1 Å². The van der Waals surface area contributed by atoms with Crippen molar-refractivity contribution in [2.75, 3.05) is 24.5 Å². The number of nitrogens with one attached hydrogen (secondary N) is 1. The van der Waals surface area contributed by atoms with Crippen LogP contribution in [0.15, 0.2) is 12.3 Å². The van der Waals surface area contributed by atoms with Crippen LogP contribution in [0.4, 0.5) is 5.82 Å². The number of aromatic nitrogens is 2. The maximum absolute atomic E-state index is 4.25. The van der Waals surface area contributed by atoms with Gasteiger partial charge in [-0.25, -0.2) is 0 Å². The van der Waals surface area contributed by atoms with Gasteiger partial charge in [0.1, 0.15) is 0 Å². The number of hydrogen-bond donors (Lipinski definition) is 1. The lowest BCUT2D eigenvalue weighted by atomic mass is 9.88. The zero-order chi connectivity index (χ0) is 12.4. The van der Waals surface area contributed by atoms with Gasteiger partial charge >= 0.3 is 0 Å². The Morgan fingerprint density at radius 2 is 2.11 bits per heavy atom. The summed E-state index contributed by atoms with van der Waals surface area (Å²) in [4.78, 5) is 2.38. The lowest BCUT2D eigenvalue weighted by molar-refractivity contribution is 0.318. The van der Waals surface area contributed by atoms with Gasteiger partial charge < -0.3 is 10.2 Å². The van der Waals surface area contributed by atoms with Crippen LogP contribution >= 0.6 is 0 Å².